The second kappa shape index (κ2) is 10.9. The molecule has 1 fully saturated rings. The highest BCUT2D eigenvalue weighted by Gasteiger charge is 2.30. The van der Waals surface area contributed by atoms with Crippen LogP contribution in [-0.4, -0.2) is 44.6 Å². The van der Waals surface area contributed by atoms with Gasteiger partial charge in [0.25, 0.3) is 0 Å². The van der Waals surface area contributed by atoms with Crippen molar-refractivity contribution in [2.24, 2.45) is 0 Å². The molecule has 0 spiro atoms. The maximum absolute atomic E-state index is 12.8. The van der Waals surface area contributed by atoms with Gasteiger partial charge in [-0.3, -0.25) is 14.0 Å². The smallest absolute Gasteiger partial charge is 0.243 e. The molecule has 9 heteroatoms. The molecule has 0 bridgehead atoms. The number of piperidine rings is 1. The summed E-state index contributed by atoms with van der Waals surface area (Å²) in [5.41, 5.74) is 2.36. The Kier molecular flexibility index (Phi) is 8.44. The number of rotatable bonds is 8. The second-order valence-electron chi connectivity index (χ2n) is 8.20. The summed E-state index contributed by atoms with van der Waals surface area (Å²) < 4.78 is 25.9. The summed E-state index contributed by atoms with van der Waals surface area (Å²) >= 11 is 12.2. The maximum Gasteiger partial charge on any atom is 0.243 e. The molecule has 2 aromatic carbocycles. The molecule has 3 rings (SSSR count). The molecule has 1 N–H and O–H groups in total. The van der Waals surface area contributed by atoms with Crippen LogP contribution in [0.3, 0.4) is 0 Å². The molecule has 32 heavy (non-hydrogen) atoms. The average molecular weight is 498 g/mol. The Morgan fingerprint density at radius 3 is 2.31 bits per heavy atom. The van der Waals surface area contributed by atoms with Crippen molar-refractivity contribution in [2.75, 3.05) is 23.7 Å². The number of hydrogen-bond donors (Lipinski definition) is 1. The van der Waals surface area contributed by atoms with E-state index < -0.39 is 22.0 Å². The lowest BCUT2D eigenvalue weighted by molar-refractivity contribution is -0.122. The highest BCUT2D eigenvalue weighted by atomic mass is 35.5. The lowest BCUT2D eigenvalue weighted by Crippen LogP contribution is -2.47. The summed E-state index contributed by atoms with van der Waals surface area (Å²) in [5.74, 6) is -0.427. The lowest BCUT2D eigenvalue weighted by Gasteiger charge is -2.29. The van der Waals surface area contributed by atoms with Crippen LogP contribution in [0.15, 0.2) is 42.5 Å². The summed E-state index contributed by atoms with van der Waals surface area (Å²) in [6.45, 7) is 5.04. The predicted octanol–water partition coefficient (Wildman–Crippen LogP) is 4.45. The van der Waals surface area contributed by atoms with Gasteiger partial charge in [0.2, 0.25) is 15.9 Å². The van der Waals surface area contributed by atoms with Gasteiger partial charge in [-0.2, -0.15) is 0 Å². The molecule has 0 saturated carbocycles. The van der Waals surface area contributed by atoms with Crippen molar-refractivity contribution in [3.8, 4) is 0 Å². The van der Waals surface area contributed by atoms with Gasteiger partial charge in [0.1, 0.15) is 6.04 Å². The van der Waals surface area contributed by atoms with E-state index in [1.54, 1.807) is 6.07 Å². The maximum atomic E-state index is 12.8. The molecule has 1 aliphatic heterocycles. The van der Waals surface area contributed by atoms with E-state index in [4.69, 9.17) is 23.2 Å². The number of hydrogen-bond acceptors (Lipinski definition) is 4. The van der Waals surface area contributed by atoms with E-state index in [-0.39, 0.29) is 10.7 Å². The Bertz CT molecular complexity index is 1040. The fraction of sp³-hybridized carbons (Fsp3) is 0.435. The van der Waals surface area contributed by atoms with Crippen LogP contribution in [0, 0.1) is 0 Å². The molecule has 0 aliphatic carbocycles. The van der Waals surface area contributed by atoms with E-state index in [1.165, 1.54) is 43.9 Å². The Morgan fingerprint density at radius 1 is 1.06 bits per heavy atom. The van der Waals surface area contributed by atoms with E-state index in [0.29, 0.717) is 11.6 Å². The number of likely N-dealkylation sites (tertiary alicyclic amines) is 1. The Hall–Kier alpha value is -1.80. The van der Waals surface area contributed by atoms with Gasteiger partial charge in [0.15, 0.2) is 0 Å². The van der Waals surface area contributed by atoms with Gasteiger partial charge >= 0.3 is 0 Å². The summed E-state index contributed by atoms with van der Waals surface area (Å²) in [4.78, 5) is 15.3. The number of nitrogens with zero attached hydrogens (tertiary/aromatic N) is 2. The third kappa shape index (κ3) is 6.61. The largest absolute Gasteiger partial charge is 0.350 e. The van der Waals surface area contributed by atoms with E-state index in [1.807, 2.05) is 12.1 Å². The highest BCUT2D eigenvalue weighted by molar-refractivity contribution is 7.92. The van der Waals surface area contributed by atoms with Crippen molar-refractivity contribution in [1.82, 2.24) is 10.2 Å². The first-order valence-electron chi connectivity index (χ1n) is 10.7. The molecule has 0 radical (unpaired) electrons. The lowest BCUT2D eigenvalue weighted by atomic mass is 10.1. The van der Waals surface area contributed by atoms with Crippen molar-refractivity contribution in [3.05, 3.63) is 63.6 Å². The van der Waals surface area contributed by atoms with Gasteiger partial charge in [-0.25, -0.2) is 8.42 Å². The molecule has 6 nitrogen and oxygen atoms in total. The first kappa shape index (κ1) is 24.8. The van der Waals surface area contributed by atoms with Crippen molar-refractivity contribution < 1.29 is 13.2 Å². The van der Waals surface area contributed by atoms with Crippen LogP contribution in [0.25, 0.3) is 0 Å². The quantitative estimate of drug-likeness (QED) is 0.584. The monoisotopic (exact) mass is 497 g/mol. The molecular weight excluding hydrogens is 469 g/mol. The average Bonchev–Trinajstić information content (AvgIpc) is 2.75. The number of anilines is 1. The van der Waals surface area contributed by atoms with Crippen molar-refractivity contribution in [1.29, 1.82) is 0 Å². The first-order valence-corrected chi connectivity index (χ1v) is 13.3. The topological polar surface area (TPSA) is 69.7 Å². The van der Waals surface area contributed by atoms with Crippen LogP contribution in [-0.2, 0) is 27.9 Å². The zero-order chi connectivity index (χ0) is 23.3. The highest BCUT2D eigenvalue weighted by Crippen LogP contribution is 2.32. The molecule has 1 saturated heterocycles. The molecule has 0 aromatic heterocycles. The molecule has 2 aromatic rings. The normalized spacial score (nSPS) is 15.9. The molecular formula is C23H29Cl2N3O3S. The van der Waals surface area contributed by atoms with Gasteiger partial charge in [-0.15, -0.1) is 0 Å². The first-order chi connectivity index (χ1) is 15.1. The third-order valence-electron chi connectivity index (χ3n) is 5.58. The molecule has 1 aliphatic rings. The predicted molar refractivity (Wildman–Crippen MR) is 131 cm³/mol. The zero-order valence-corrected chi connectivity index (χ0v) is 20.7. The van der Waals surface area contributed by atoms with E-state index in [9.17, 15) is 13.2 Å². The van der Waals surface area contributed by atoms with Crippen molar-refractivity contribution in [3.63, 3.8) is 0 Å². The second-order valence-corrected chi connectivity index (χ2v) is 10.9. The van der Waals surface area contributed by atoms with Crippen LogP contribution in [0.4, 0.5) is 5.69 Å². The van der Waals surface area contributed by atoms with Crippen LogP contribution in [0.1, 0.15) is 37.3 Å². The molecule has 1 amide bonds. The molecule has 174 valence electrons. The van der Waals surface area contributed by atoms with E-state index in [0.717, 1.165) is 35.8 Å². The van der Waals surface area contributed by atoms with Crippen molar-refractivity contribution >= 4 is 44.8 Å². The standard InChI is InChI=1S/C23H29Cl2N3O3S/c1-17(28(32(2,30)31)22-14-20(24)10-11-21(22)25)23(29)26-15-18-6-8-19(9-7-18)16-27-12-4-3-5-13-27/h6-11,14,17H,3-5,12-13,15-16H2,1-2H3,(H,26,29)/t17-/m1/s1. The van der Waals surface area contributed by atoms with Gasteiger partial charge in [-0.1, -0.05) is 53.9 Å². The van der Waals surface area contributed by atoms with Crippen LogP contribution >= 0.6 is 23.2 Å². The minimum Gasteiger partial charge on any atom is -0.350 e. The van der Waals surface area contributed by atoms with Crippen LogP contribution in [0.5, 0.6) is 0 Å². The van der Waals surface area contributed by atoms with Crippen molar-refractivity contribution in [2.45, 2.75) is 45.3 Å². The third-order valence-corrected chi connectivity index (χ3v) is 7.36. The Labute approximate surface area is 200 Å². The number of benzene rings is 2. The summed E-state index contributed by atoms with van der Waals surface area (Å²) in [7, 11) is -3.78. The van der Waals surface area contributed by atoms with Gasteiger partial charge in [0, 0.05) is 18.1 Å². The number of carbonyl (C=O) groups excluding carboxylic acids is 1. The Balaban J connectivity index is 1.64. The number of carbonyl (C=O) groups is 1. The SMILES string of the molecule is C[C@H](C(=O)NCc1ccc(CN2CCCCC2)cc1)N(c1cc(Cl)ccc1Cl)S(C)(=O)=O. The van der Waals surface area contributed by atoms with Gasteiger partial charge in [0.05, 0.1) is 17.0 Å². The minimum atomic E-state index is -3.78. The summed E-state index contributed by atoms with van der Waals surface area (Å²) in [5, 5.41) is 3.35. The van der Waals surface area contributed by atoms with Gasteiger partial charge in [-0.05, 0) is 62.2 Å². The summed E-state index contributed by atoms with van der Waals surface area (Å²) in [6, 6.07) is 11.6. The number of amides is 1. The molecule has 0 unspecified atom stereocenters. The van der Waals surface area contributed by atoms with E-state index >= 15 is 0 Å². The van der Waals surface area contributed by atoms with Gasteiger partial charge < -0.3 is 5.32 Å². The minimum absolute atomic E-state index is 0.173. The molecule has 1 atom stereocenters. The summed E-state index contributed by atoms with van der Waals surface area (Å²) in [6.07, 6.45) is 4.86. The van der Waals surface area contributed by atoms with E-state index in [2.05, 4.69) is 22.3 Å². The zero-order valence-electron chi connectivity index (χ0n) is 18.4. The number of nitrogens with one attached hydrogen (secondary N) is 1. The number of sulfonamides is 1. The van der Waals surface area contributed by atoms with Crippen LogP contribution in [0.2, 0.25) is 10.0 Å². The fourth-order valence-electron chi connectivity index (χ4n) is 3.91. The number of halogens is 2. The Morgan fingerprint density at radius 2 is 1.69 bits per heavy atom. The molecule has 1 heterocycles. The fourth-order valence-corrected chi connectivity index (χ4v) is 5.51. The van der Waals surface area contributed by atoms with Crippen LogP contribution < -0.4 is 9.62 Å².